The number of hydrogen-bond donors (Lipinski definition) is 0. The molecule has 0 fully saturated rings. The first-order valence-electron chi connectivity index (χ1n) is 9.95. The van der Waals surface area contributed by atoms with E-state index in [9.17, 15) is 4.79 Å². The number of nitrogens with zero attached hydrogens (tertiary/aromatic N) is 1. The molecule has 0 bridgehead atoms. The maximum Gasteiger partial charge on any atom is 0.336 e. The third-order valence-corrected chi connectivity index (χ3v) is 5.88. The highest BCUT2D eigenvalue weighted by Gasteiger charge is 2.23. The molecule has 6 heteroatoms. The van der Waals surface area contributed by atoms with Gasteiger partial charge in [0.25, 0.3) is 0 Å². The van der Waals surface area contributed by atoms with Gasteiger partial charge in [-0.2, -0.15) is 0 Å². The first kappa shape index (κ1) is 19.7. The Labute approximate surface area is 184 Å². The molecule has 1 aliphatic rings. The zero-order valence-electron chi connectivity index (χ0n) is 16.9. The zero-order valence-corrected chi connectivity index (χ0v) is 17.7. The monoisotopic (exact) mass is 433 g/mol. The lowest BCUT2D eigenvalue weighted by Crippen LogP contribution is -2.31. The van der Waals surface area contributed by atoms with Gasteiger partial charge in [-0.05, 0) is 47.0 Å². The number of methoxy groups -OCH3 is 1. The Morgan fingerprint density at radius 3 is 2.65 bits per heavy atom. The van der Waals surface area contributed by atoms with Gasteiger partial charge in [-0.3, -0.25) is 4.90 Å². The summed E-state index contributed by atoms with van der Waals surface area (Å²) in [5, 5.41) is 1.59. The van der Waals surface area contributed by atoms with E-state index in [1.165, 1.54) is 6.07 Å². The lowest BCUT2D eigenvalue weighted by Gasteiger charge is -2.29. The Kier molecular flexibility index (Phi) is 5.14. The fourth-order valence-corrected chi connectivity index (χ4v) is 4.15. The van der Waals surface area contributed by atoms with E-state index in [1.807, 2.05) is 60.7 Å². The maximum atomic E-state index is 12.4. The van der Waals surface area contributed by atoms with Gasteiger partial charge < -0.3 is 13.9 Å². The molecule has 0 spiro atoms. The average Bonchev–Trinajstić information content (AvgIpc) is 2.80. The number of ether oxygens (including phenoxy) is 2. The van der Waals surface area contributed by atoms with Crippen LogP contribution in [-0.4, -0.2) is 18.7 Å². The summed E-state index contributed by atoms with van der Waals surface area (Å²) in [6.45, 7) is 1.66. The molecule has 0 saturated heterocycles. The van der Waals surface area contributed by atoms with Gasteiger partial charge >= 0.3 is 5.63 Å². The molecular formula is C25H20ClNO4. The van der Waals surface area contributed by atoms with Crippen LogP contribution in [-0.2, 0) is 13.1 Å². The molecule has 5 rings (SSSR count). The third-order valence-electron chi connectivity index (χ3n) is 5.51. The normalized spacial score (nSPS) is 13.6. The SMILES string of the molecule is COc1ccc(-c2cc(=O)oc3c4c(ccc23)OCN(Cc2ccccc2Cl)C4)cc1. The van der Waals surface area contributed by atoms with Crippen LogP contribution in [0.3, 0.4) is 0 Å². The number of halogens is 1. The van der Waals surface area contributed by atoms with Crippen molar-refractivity contribution in [3.05, 3.63) is 93.3 Å². The molecule has 3 aromatic carbocycles. The van der Waals surface area contributed by atoms with E-state index in [2.05, 4.69) is 4.90 Å². The van der Waals surface area contributed by atoms with Crippen molar-refractivity contribution in [1.29, 1.82) is 0 Å². The molecule has 5 nitrogen and oxygen atoms in total. The van der Waals surface area contributed by atoms with E-state index in [4.69, 9.17) is 25.5 Å². The summed E-state index contributed by atoms with van der Waals surface area (Å²) < 4.78 is 16.9. The molecule has 2 heterocycles. The van der Waals surface area contributed by atoms with Gasteiger partial charge in [-0.15, -0.1) is 0 Å². The molecule has 0 radical (unpaired) electrons. The fourth-order valence-electron chi connectivity index (χ4n) is 3.96. The Bertz CT molecular complexity index is 1310. The molecule has 0 amide bonds. The minimum absolute atomic E-state index is 0.394. The number of rotatable bonds is 4. The van der Waals surface area contributed by atoms with E-state index in [1.54, 1.807) is 7.11 Å². The van der Waals surface area contributed by atoms with Crippen molar-refractivity contribution in [3.8, 4) is 22.6 Å². The fraction of sp³-hybridized carbons (Fsp3) is 0.160. The first-order valence-corrected chi connectivity index (χ1v) is 10.3. The van der Waals surface area contributed by atoms with Gasteiger partial charge in [-0.1, -0.05) is 41.9 Å². The second kappa shape index (κ2) is 8.10. The number of hydrogen-bond acceptors (Lipinski definition) is 5. The summed E-state index contributed by atoms with van der Waals surface area (Å²) in [6.07, 6.45) is 0. The molecule has 1 aliphatic heterocycles. The van der Waals surface area contributed by atoms with Crippen LogP contribution in [0.5, 0.6) is 11.5 Å². The Morgan fingerprint density at radius 2 is 1.87 bits per heavy atom. The van der Waals surface area contributed by atoms with Crippen LogP contribution in [0, 0.1) is 0 Å². The molecule has 31 heavy (non-hydrogen) atoms. The van der Waals surface area contributed by atoms with E-state index in [0.29, 0.717) is 25.4 Å². The molecule has 1 aromatic heterocycles. The standard InChI is InChI=1S/C25H20ClNO4/c1-29-18-8-6-16(7-9-18)20-12-24(28)31-25-19(20)10-11-23-21(25)14-27(15-30-23)13-17-4-2-3-5-22(17)26/h2-12H,13-15H2,1H3. The van der Waals surface area contributed by atoms with Crippen molar-refractivity contribution in [2.45, 2.75) is 13.1 Å². The average molecular weight is 434 g/mol. The minimum Gasteiger partial charge on any atom is -0.497 e. The smallest absolute Gasteiger partial charge is 0.336 e. The molecule has 156 valence electrons. The van der Waals surface area contributed by atoms with E-state index in [-0.39, 0.29) is 0 Å². The highest BCUT2D eigenvalue weighted by Crippen LogP contribution is 2.37. The molecule has 0 aliphatic carbocycles. The quantitative estimate of drug-likeness (QED) is 0.399. The summed E-state index contributed by atoms with van der Waals surface area (Å²) in [6, 6.07) is 20.8. The summed E-state index contributed by atoms with van der Waals surface area (Å²) in [5.74, 6) is 1.50. The highest BCUT2D eigenvalue weighted by molar-refractivity contribution is 6.31. The van der Waals surface area contributed by atoms with Crippen LogP contribution in [0.4, 0.5) is 0 Å². The van der Waals surface area contributed by atoms with Crippen LogP contribution in [0.2, 0.25) is 5.02 Å². The summed E-state index contributed by atoms with van der Waals surface area (Å²) in [7, 11) is 1.63. The molecule has 0 atom stereocenters. The molecule has 0 unspecified atom stereocenters. The van der Waals surface area contributed by atoms with Gasteiger partial charge in [-0.25, -0.2) is 4.79 Å². The van der Waals surface area contributed by atoms with E-state index in [0.717, 1.165) is 44.2 Å². The van der Waals surface area contributed by atoms with Crippen molar-refractivity contribution in [3.63, 3.8) is 0 Å². The van der Waals surface area contributed by atoms with Gasteiger partial charge in [0.05, 0.1) is 12.7 Å². The van der Waals surface area contributed by atoms with Gasteiger partial charge in [0.2, 0.25) is 0 Å². The minimum atomic E-state index is -0.394. The van der Waals surface area contributed by atoms with Crippen molar-refractivity contribution < 1.29 is 13.9 Å². The zero-order chi connectivity index (χ0) is 21.4. The van der Waals surface area contributed by atoms with Crippen LogP contribution >= 0.6 is 11.6 Å². The second-order valence-electron chi connectivity index (χ2n) is 7.48. The Hall–Kier alpha value is -3.28. The number of benzene rings is 3. The van der Waals surface area contributed by atoms with Crippen LogP contribution in [0.15, 0.2) is 75.9 Å². The van der Waals surface area contributed by atoms with E-state index < -0.39 is 5.63 Å². The predicted octanol–water partition coefficient (Wildman–Crippen LogP) is 5.47. The highest BCUT2D eigenvalue weighted by atomic mass is 35.5. The lowest BCUT2D eigenvalue weighted by molar-refractivity contribution is 0.0890. The Balaban J connectivity index is 1.56. The van der Waals surface area contributed by atoms with Gasteiger partial charge in [0, 0.05) is 29.6 Å². The van der Waals surface area contributed by atoms with Crippen LogP contribution < -0.4 is 15.1 Å². The van der Waals surface area contributed by atoms with Crippen LogP contribution in [0.25, 0.3) is 22.1 Å². The summed E-state index contributed by atoms with van der Waals surface area (Å²) >= 11 is 6.33. The molecular weight excluding hydrogens is 414 g/mol. The molecule has 4 aromatic rings. The topological polar surface area (TPSA) is 51.9 Å². The first-order chi connectivity index (χ1) is 15.1. The predicted molar refractivity (Wildman–Crippen MR) is 121 cm³/mol. The summed E-state index contributed by atoms with van der Waals surface area (Å²) in [4.78, 5) is 14.6. The number of fused-ring (bicyclic) bond motifs is 3. The van der Waals surface area contributed by atoms with Gasteiger partial charge in [0.1, 0.15) is 23.8 Å². The van der Waals surface area contributed by atoms with Crippen molar-refractivity contribution in [2.24, 2.45) is 0 Å². The van der Waals surface area contributed by atoms with Crippen molar-refractivity contribution >= 4 is 22.6 Å². The van der Waals surface area contributed by atoms with E-state index >= 15 is 0 Å². The van der Waals surface area contributed by atoms with Crippen molar-refractivity contribution in [1.82, 2.24) is 4.90 Å². The van der Waals surface area contributed by atoms with Crippen molar-refractivity contribution in [2.75, 3.05) is 13.8 Å². The lowest BCUT2D eigenvalue weighted by atomic mass is 9.99. The van der Waals surface area contributed by atoms with Gasteiger partial charge in [0.15, 0.2) is 0 Å². The maximum absolute atomic E-state index is 12.4. The summed E-state index contributed by atoms with van der Waals surface area (Å²) in [5.41, 5.74) is 3.79. The second-order valence-corrected chi connectivity index (χ2v) is 7.89. The Morgan fingerprint density at radius 1 is 1.06 bits per heavy atom. The molecule has 0 saturated carbocycles. The molecule has 0 N–H and O–H groups in total. The van der Waals surface area contributed by atoms with Crippen LogP contribution in [0.1, 0.15) is 11.1 Å². The third kappa shape index (κ3) is 3.78. The largest absolute Gasteiger partial charge is 0.497 e.